The van der Waals surface area contributed by atoms with Gasteiger partial charge in [0.25, 0.3) is 6.43 Å². The van der Waals surface area contributed by atoms with Gasteiger partial charge in [-0.2, -0.15) is 10.2 Å². The highest BCUT2D eigenvalue weighted by molar-refractivity contribution is 5.76. The van der Waals surface area contributed by atoms with E-state index in [0.29, 0.717) is 31.7 Å². The molecule has 1 aliphatic heterocycles. The number of fused-ring (bicyclic) bond motifs is 1. The number of pyridine rings is 1. The summed E-state index contributed by atoms with van der Waals surface area (Å²) in [6, 6.07) is 9.97. The van der Waals surface area contributed by atoms with Crippen molar-refractivity contribution in [3.63, 3.8) is 0 Å². The van der Waals surface area contributed by atoms with Gasteiger partial charge in [0.1, 0.15) is 6.10 Å². The number of benzene rings is 1. The van der Waals surface area contributed by atoms with Gasteiger partial charge in [0.05, 0.1) is 23.6 Å². The van der Waals surface area contributed by atoms with Crippen LogP contribution in [0.15, 0.2) is 61.2 Å². The number of ether oxygens (including phenoxy) is 1. The van der Waals surface area contributed by atoms with Crippen LogP contribution in [0.4, 0.5) is 19.3 Å². The van der Waals surface area contributed by atoms with Gasteiger partial charge in [0.15, 0.2) is 0 Å². The van der Waals surface area contributed by atoms with E-state index in [-0.39, 0.29) is 5.56 Å². The number of halogens is 2. The van der Waals surface area contributed by atoms with E-state index in [9.17, 15) is 13.6 Å². The van der Waals surface area contributed by atoms with E-state index in [0.717, 1.165) is 22.3 Å². The molecule has 0 radical (unpaired) electrons. The number of amides is 1. The lowest BCUT2D eigenvalue weighted by atomic mass is 10.1. The Morgan fingerprint density at radius 3 is 2.29 bits per heavy atom. The molecule has 4 aromatic rings. The van der Waals surface area contributed by atoms with Crippen molar-refractivity contribution >= 4 is 17.3 Å². The molecule has 10 heteroatoms. The molecule has 1 amide bonds. The third-order valence-electron chi connectivity index (χ3n) is 6.35. The Kier molecular flexibility index (Phi) is 6.10. The van der Waals surface area contributed by atoms with Crippen LogP contribution < -0.4 is 4.90 Å². The molecule has 35 heavy (non-hydrogen) atoms. The summed E-state index contributed by atoms with van der Waals surface area (Å²) in [6.07, 6.45) is 4.17. The van der Waals surface area contributed by atoms with Gasteiger partial charge in [-0.25, -0.2) is 18.1 Å². The molecule has 8 nitrogen and oxygen atoms in total. The maximum atomic E-state index is 12.8. The Morgan fingerprint density at radius 1 is 0.914 bits per heavy atom. The predicted molar refractivity (Wildman–Crippen MR) is 127 cm³/mol. The maximum absolute atomic E-state index is 12.8. The zero-order chi connectivity index (χ0) is 24.5. The van der Waals surface area contributed by atoms with Crippen LogP contribution in [0, 0.1) is 0 Å². The highest BCUT2D eigenvalue weighted by Crippen LogP contribution is 2.27. The normalized spacial score (nSPS) is 15.1. The molecule has 1 atom stereocenters. The minimum absolute atomic E-state index is 0.0515. The number of carbonyl (C=O) groups is 1. The second kappa shape index (κ2) is 9.36. The number of nitrogens with zero attached hydrogens (tertiary/aromatic N) is 6. The van der Waals surface area contributed by atoms with Crippen LogP contribution in [0.3, 0.4) is 0 Å². The molecule has 1 aliphatic rings. The van der Waals surface area contributed by atoms with Crippen LogP contribution in [0.1, 0.15) is 30.6 Å². The van der Waals surface area contributed by atoms with Crippen molar-refractivity contribution < 1.29 is 18.3 Å². The number of carbonyl (C=O) groups excluding carboxylic acids is 1. The summed E-state index contributed by atoms with van der Waals surface area (Å²) in [5.41, 5.74) is 4.70. The summed E-state index contributed by atoms with van der Waals surface area (Å²) in [6.45, 7) is 4.07. The Balaban J connectivity index is 1.20. The number of rotatable bonds is 5. The van der Waals surface area contributed by atoms with Crippen LogP contribution in [0.5, 0.6) is 0 Å². The maximum Gasteiger partial charge on any atom is 0.410 e. The van der Waals surface area contributed by atoms with Gasteiger partial charge < -0.3 is 14.5 Å². The molecular formula is C25H26F2N6O2. The van der Waals surface area contributed by atoms with Crippen LogP contribution in [-0.2, 0) is 11.8 Å². The Morgan fingerprint density at radius 2 is 1.63 bits per heavy atom. The molecule has 0 bridgehead atoms. The smallest absolute Gasteiger partial charge is 0.410 e. The largest absolute Gasteiger partial charge is 0.442 e. The minimum Gasteiger partial charge on any atom is -0.442 e. The quantitative estimate of drug-likeness (QED) is 0.415. The Labute approximate surface area is 201 Å². The van der Waals surface area contributed by atoms with Gasteiger partial charge in [0.2, 0.25) is 0 Å². The SMILES string of the molecule is C[C@H](OC(=O)N1CCN(c2cnn3cc(-c4cnn(C)c4)ccc23)CC1)c1ccc(C(F)F)cc1. The molecule has 4 heterocycles. The van der Waals surface area contributed by atoms with E-state index in [4.69, 9.17) is 4.74 Å². The molecule has 0 spiro atoms. The van der Waals surface area contributed by atoms with Gasteiger partial charge in [-0.15, -0.1) is 0 Å². The lowest BCUT2D eigenvalue weighted by Crippen LogP contribution is -2.49. The first kappa shape index (κ1) is 22.8. The van der Waals surface area contributed by atoms with Crippen molar-refractivity contribution in [3.8, 4) is 11.1 Å². The first-order valence-electron chi connectivity index (χ1n) is 11.4. The fourth-order valence-corrected chi connectivity index (χ4v) is 4.29. The van der Waals surface area contributed by atoms with Crippen molar-refractivity contribution in [2.24, 2.45) is 7.05 Å². The second-order valence-corrected chi connectivity index (χ2v) is 8.65. The van der Waals surface area contributed by atoms with Gasteiger partial charge in [-0.05, 0) is 18.6 Å². The van der Waals surface area contributed by atoms with Crippen molar-refractivity contribution in [2.45, 2.75) is 19.5 Å². The highest BCUT2D eigenvalue weighted by Gasteiger charge is 2.25. The lowest BCUT2D eigenvalue weighted by Gasteiger charge is -2.35. The van der Waals surface area contributed by atoms with Crippen molar-refractivity contribution in [2.75, 3.05) is 31.1 Å². The van der Waals surface area contributed by atoms with Gasteiger partial charge in [-0.3, -0.25) is 4.68 Å². The number of alkyl halides is 2. The van der Waals surface area contributed by atoms with E-state index >= 15 is 0 Å². The van der Waals surface area contributed by atoms with E-state index in [1.165, 1.54) is 12.1 Å². The zero-order valence-corrected chi connectivity index (χ0v) is 19.5. The summed E-state index contributed by atoms with van der Waals surface area (Å²) in [5.74, 6) is 0. The zero-order valence-electron chi connectivity index (χ0n) is 19.5. The van der Waals surface area contributed by atoms with Crippen LogP contribution in [0.2, 0.25) is 0 Å². The predicted octanol–water partition coefficient (Wildman–Crippen LogP) is 4.69. The Bertz CT molecular complexity index is 1330. The Hall–Kier alpha value is -3.95. The third kappa shape index (κ3) is 4.68. The average molecular weight is 481 g/mol. The number of anilines is 1. The number of hydrogen-bond donors (Lipinski definition) is 0. The molecule has 1 saturated heterocycles. The van der Waals surface area contributed by atoms with Gasteiger partial charge in [-0.1, -0.05) is 30.3 Å². The summed E-state index contributed by atoms with van der Waals surface area (Å²) < 4.78 is 34.7. The summed E-state index contributed by atoms with van der Waals surface area (Å²) in [7, 11) is 1.89. The molecule has 0 N–H and O–H groups in total. The molecule has 3 aromatic heterocycles. The molecule has 0 saturated carbocycles. The molecule has 0 aliphatic carbocycles. The molecule has 1 fully saturated rings. The van der Waals surface area contributed by atoms with Gasteiger partial charge in [0, 0.05) is 62.3 Å². The first-order valence-corrected chi connectivity index (χ1v) is 11.4. The summed E-state index contributed by atoms with van der Waals surface area (Å²) in [5, 5.41) is 8.75. The van der Waals surface area contributed by atoms with E-state index < -0.39 is 18.6 Å². The van der Waals surface area contributed by atoms with Crippen molar-refractivity contribution in [1.29, 1.82) is 0 Å². The molecule has 5 rings (SSSR count). The van der Waals surface area contributed by atoms with Crippen LogP contribution >= 0.6 is 0 Å². The minimum atomic E-state index is -2.52. The fraction of sp³-hybridized carbons (Fsp3) is 0.320. The summed E-state index contributed by atoms with van der Waals surface area (Å²) in [4.78, 5) is 16.6. The fourth-order valence-electron chi connectivity index (χ4n) is 4.29. The first-order chi connectivity index (χ1) is 16.9. The van der Waals surface area contributed by atoms with Crippen LogP contribution in [-0.4, -0.2) is 56.6 Å². The van der Waals surface area contributed by atoms with E-state index in [1.54, 1.807) is 28.6 Å². The molecule has 1 aromatic carbocycles. The monoisotopic (exact) mass is 480 g/mol. The number of hydrogen-bond acceptors (Lipinski definition) is 5. The van der Waals surface area contributed by atoms with Crippen molar-refractivity contribution in [1.82, 2.24) is 24.3 Å². The molecule has 0 unspecified atom stereocenters. The van der Waals surface area contributed by atoms with E-state index in [2.05, 4.69) is 21.2 Å². The average Bonchev–Trinajstić information content (AvgIpc) is 3.50. The second-order valence-electron chi connectivity index (χ2n) is 8.65. The highest BCUT2D eigenvalue weighted by atomic mass is 19.3. The summed E-state index contributed by atoms with van der Waals surface area (Å²) >= 11 is 0. The number of aromatic nitrogens is 4. The lowest BCUT2D eigenvalue weighted by molar-refractivity contribution is 0.0680. The van der Waals surface area contributed by atoms with Gasteiger partial charge >= 0.3 is 6.09 Å². The number of piperazine rings is 1. The van der Waals surface area contributed by atoms with Crippen LogP contribution in [0.25, 0.3) is 16.6 Å². The molecular weight excluding hydrogens is 454 g/mol. The third-order valence-corrected chi connectivity index (χ3v) is 6.35. The number of aryl methyl sites for hydroxylation is 1. The van der Waals surface area contributed by atoms with E-state index in [1.807, 2.05) is 42.4 Å². The topological polar surface area (TPSA) is 67.9 Å². The standard InChI is InChI=1S/C25H26F2N6O2/c1-17(18-3-5-19(6-4-18)24(26)27)35-25(34)32-11-9-31(10-12-32)23-14-29-33-16-20(7-8-22(23)33)21-13-28-30(2)15-21/h3-8,13-17,24H,9-12H2,1-2H3/t17-/m0/s1. The van der Waals surface area contributed by atoms with Crippen molar-refractivity contribution in [3.05, 3.63) is 72.3 Å². The molecule has 182 valence electrons.